The van der Waals surface area contributed by atoms with Gasteiger partial charge in [0.05, 0.1) is 6.67 Å². The van der Waals surface area contributed by atoms with Crippen molar-refractivity contribution in [1.82, 2.24) is 19.2 Å². The molecule has 2 fully saturated rings. The summed E-state index contributed by atoms with van der Waals surface area (Å²) < 4.78 is 4.80. The molecule has 1 aliphatic heterocycles. The molecule has 1 aromatic carbocycles. The number of carbonyl (C=O) groups excluding carboxylic acids is 1. The first-order chi connectivity index (χ1) is 12.1. The molecule has 1 aromatic heterocycles. The summed E-state index contributed by atoms with van der Waals surface area (Å²) in [5.41, 5.74) is 0.835. The van der Waals surface area contributed by atoms with Gasteiger partial charge in [-0.3, -0.25) is 9.69 Å². The number of hydrogen-bond acceptors (Lipinski definition) is 4. The zero-order valence-electron chi connectivity index (χ0n) is 14.6. The first kappa shape index (κ1) is 16.7. The van der Waals surface area contributed by atoms with Gasteiger partial charge >= 0.3 is 0 Å². The molecule has 2 aliphatic rings. The molecule has 0 amide bonds. The summed E-state index contributed by atoms with van der Waals surface area (Å²) in [6, 6.07) is 9.65. The first-order valence-electron chi connectivity index (χ1n) is 9.09. The van der Waals surface area contributed by atoms with E-state index in [1.165, 1.54) is 12.8 Å². The average molecular weight is 356 g/mol. The van der Waals surface area contributed by atoms with Crippen molar-refractivity contribution in [2.45, 2.75) is 38.3 Å². The molecule has 1 aliphatic carbocycles. The monoisotopic (exact) mass is 356 g/mol. The van der Waals surface area contributed by atoms with Crippen LogP contribution in [0.5, 0.6) is 0 Å². The fraction of sp³-hybridized carbons (Fsp3) is 0.526. The van der Waals surface area contributed by atoms with Gasteiger partial charge in [0, 0.05) is 37.5 Å². The number of ketones is 1. The lowest BCUT2D eigenvalue weighted by atomic mass is 9.89. The predicted molar refractivity (Wildman–Crippen MR) is 99.1 cm³/mol. The number of Topliss-reactive ketones (excluding diaryl/α,β-unsaturated/α-hetero) is 1. The van der Waals surface area contributed by atoms with Gasteiger partial charge in [-0.2, -0.15) is 5.10 Å². The molecule has 25 heavy (non-hydrogen) atoms. The number of likely N-dealkylation sites (tertiary alicyclic amines) is 1. The predicted octanol–water partition coefficient (Wildman–Crippen LogP) is 3.38. The standard InChI is InChI=1S/C19H24N4OS/c1-21-18(16-7-8-16)20-23(19(21)25)13-22-11-9-15(10-12-22)17(24)14-5-3-2-4-6-14/h2-6,15-16H,7-13H2,1H3. The van der Waals surface area contributed by atoms with Crippen molar-refractivity contribution in [3.63, 3.8) is 0 Å². The van der Waals surface area contributed by atoms with Gasteiger partial charge in [-0.1, -0.05) is 30.3 Å². The van der Waals surface area contributed by atoms with Crippen LogP contribution in [0.25, 0.3) is 0 Å². The minimum Gasteiger partial charge on any atom is -0.307 e. The van der Waals surface area contributed by atoms with Crippen LogP contribution in [0, 0.1) is 10.7 Å². The van der Waals surface area contributed by atoms with Crippen LogP contribution in [-0.4, -0.2) is 38.1 Å². The second-order valence-electron chi connectivity index (χ2n) is 7.24. The molecular weight excluding hydrogens is 332 g/mol. The molecule has 6 heteroatoms. The highest BCUT2D eigenvalue weighted by molar-refractivity contribution is 7.71. The molecule has 4 rings (SSSR count). The Hall–Kier alpha value is -1.79. The van der Waals surface area contributed by atoms with Crippen LogP contribution in [0.2, 0.25) is 0 Å². The highest BCUT2D eigenvalue weighted by Crippen LogP contribution is 2.38. The molecule has 5 nitrogen and oxygen atoms in total. The van der Waals surface area contributed by atoms with Crippen molar-refractivity contribution in [3.05, 3.63) is 46.5 Å². The number of hydrogen-bond donors (Lipinski definition) is 0. The van der Waals surface area contributed by atoms with Crippen LogP contribution >= 0.6 is 12.2 Å². The van der Waals surface area contributed by atoms with E-state index in [-0.39, 0.29) is 11.7 Å². The molecule has 0 unspecified atom stereocenters. The number of carbonyl (C=O) groups is 1. The van der Waals surface area contributed by atoms with Crippen LogP contribution < -0.4 is 0 Å². The third kappa shape index (κ3) is 3.46. The van der Waals surface area contributed by atoms with Crippen molar-refractivity contribution in [1.29, 1.82) is 0 Å². The van der Waals surface area contributed by atoms with E-state index in [9.17, 15) is 4.79 Å². The van der Waals surface area contributed by atoms with Gasteiger partial charge in [0.1, 0.15) is 5.82 Å². The SMILES string of the molecule is Cn1c(C2CC2)nn(CN2CCC(C(=O)c3ccccc3)CC2)c1=S. The fourth-order valence-electron chi connectivity index (χ4n) is 3.66. The summed E-state index contributed by atoms with van der Waals surface area (Å²) in [4.78, 5) is 14.9. The Labute approximate surface area is 153 Å². The van der Waals surface area contributed by atoms with Gasteiger partial charge in [0.2, 0.25) is 0 Å². The highest BCUT2D eigenvalue weighted by Gasteiger charge is 2.30. The molecule has 0 N–H and O–H groups in total. The van der Waals surface area contributed by atoms with Crippen LogP contribution in [0.15, 0.2) is 30.3 Å². The normalized spacial score (nSPS) is 19.2. The van der Waals surface area contributed by atoms with Crippen LogP contribution in [0.3, 0.4) is 0 Å². The molecule has 2 heterocycles. The number of nitrogens with zero attached hydrogens (tertiary/aromatic N) is 4. The molecule has 1 saturated carbocycles. The highest BCUT2D eigenvalue weighted by atomic mass is 32.1. The largest absolute Gasteiger partial charge is 0.307 e. The van der Waals surface area contributed by atoms with E-state index < -0.39 is 0 Å². The maximum atomic E-state index is 12.6. The van der Waals surface area contributed by atoms with E-state index in [4.69, 9.17) is 17.3 Å². The molecule has 0 radical (unpaired) electrons. The summed E-state index contributed by atoms with van der Waals surface area (Å²) in [6.45, 7) is 2.56. The summed E-state index contributed by atoms with van der Waals surface area (Å²) in [5, 5.41) is 4.73. The van der Waals surface area contributed by atoms with Crippen molar-refractivity contribution in [2.24, 2.45) is 13.0 Å². The Balaban J connectivity index is 1.37. The van der Waals surface area contributed by atoms with Gasteiger partial charge in [0.25, 0.3) is 0 Å². The molecular formula is C19H24N4OS. The van der Waals surface area contributed by atoms with Gasteiger partial charge in [-0.15, -0.1) is 0 Å². The average Bonchev–Trinajstić information content (AvgIpc) is 3.45. The van der Waals surface area contributed by atoms with E-state index in [2.05, 4.69) is 9.47 Å². The van der Waals surface area contributed by atoms with E-state index >= 15 is 0 Å². The van der Waals surface area contributed by atoms with Gasteiger partial charge in [-0.25, -0.2) is 4.68 Å². The molecule has 0 spiro atoms. The summed E-state index contributed by atoms with van der Waals surface area (Å²) in [7, 11) is 2.02. The summed E-state index contributed by atoms with van der Waals surface area (Å²) >= 11 is 5.54. The Morgan fingerprint density at radius 1 is 1.16 bits per heavy atom. The number of piperidine rings is 1. The van der Waals surface area contributed by atoms with E-state index in [1.807, 2.05) is 42.1 Å². The Morgan fingerprint density at radius 2 is 1.84 bits per heavy atom. The smallest absolute Gasteiger partial charge is 0.198 e. The van der Waals surface area contributed by atoms with Crippen molar-refractivity contribution >= 4 is 18.0 Å². The summed E-state index contributed by atoms with van der Waals surface area (Å²) in [6.07, 6.45) is 4.27. The third-order valence-electron chi connectivity index (χ3n) is 5.37. The Morgan fingerprint density at radius 3 is 2.48 bits per heavy atom. The number of rotatable bonds is 5. The maximum Gasteiger partial charge on any atom is 0.198 e. The second-order valence-corrected chi connectivity index (χ2v) is 7.60. The molecule has 0 atom stereocenters. The molecule has 1 saturated heterocycles. The lowest BCUT2D eigenvalue weighted by molar-refractivity contribution is 0.0803. The van der Waals surface area contributed by atoms with E-state index in [0.717, 1.165) is 48.8 Å². The first-order valence-corrected chi connectivity index (χ1v) is 9.49. The second kappa shape index (κ2) is 6.84. The van der Waals surface area contributed by atoms with Gasteiger partial charge in [-0.05, 0) is 37.9 Å². The van der Waals surface area contributed by atoms with Crippen LogP contribution in [0.1, 0.15) is 47.8 Å². The lowest BCUT2D eigenvalue weighted by Gasteiger charge is -2.30. The fourth-order valence-corrected chi connectivity index (χ4v) is 3.85. The molecule has 0 bridgehead atoms. The lowest BCUT2D eigenvalue weighted by Crippen LogP contribution is -2.37. The van der Waals surface area contributed by atoms with Crippen molar-refractivity contribution in [2.75, 3.05) is 13.1 Å². The quantitative estimate of drug-likeness (QED) is 0.608. The van der Waals surface area contributed by atoms with Crippen LogP contribution in [0.4, 0.5) is 0 Å². The summed E-state index contributed by atoms with van der Waals surface area (Å²) in [5.74, 6) is 2.14. The number of aromatic nitrogens is 3. The molecule has 132 valence electrons. The Kier molecular flexibility index (Phi) is 4.56. The maximum absolute atomic E-state index is 12.6. The zero-order chi connectivity index (χ0) is 17.4. The van der Waals surface area contributed by atoms with E-state index in [1.54, 1.807) is 0 Å². The third-order valence-corrected chi connectivity index (χ3v) is 5.85. The Bertz CT molecular complexity index is 814. The topological polar surface area (TPSA) is 43.1 Å². The van der Waals surface area contributed by atoms with Gasteiger partial charge in [0.15, 0.2) is 10.6 Å². The van der Waals surface area contributed by atoms with Crippen molar-refractivity contribution < 1.29 is 4.79 Å². The minimum absolute atomic E-state index is 0.136. The van der Waals surface area contributed by atoms with Crippen LogP contribution in [-0.2, 0) is 13.7 Å². The minimum atomic E-state index is 0.136. The van der Waals surface area contributed by atoms with E-state index in [0.29, 0.717) is 5.92 Å². The number of benzene rings is 1. The zero-order valence-corrected chi connectivity index (χ0v) is 15.4. The van der Waals surface area contributed by atoms with Gasteiger partial charge < -0.3 is 4.57 Å². The van der Waals surface area contributed by atoms with Crippen molar-refractivity contribution in [3.8, 4) is 0 Å². The molecule has 2 aromatic rings.